The Morgan fingerprint density at radius 1 is 0.439 bits per heavy atom. The maximum absolute atomic E-state index is 12.8. The van der Waals surface area contributed by atoms with Crippen LogP contribution >= 0.6 is 7.82 Å². The number of aliphatic hydroxyl groups excluding tert-OH is 1. The zero-order valence-electron chi connectivity index (χ0n) is 41.9. The molecule has 0 aromatic rings. The fraction of sp³-hybridized carbons (Fsp3) is 0.759. The lowest BCUT2D eigenvalue weighted by atomic mass is 10.0. The number of unbranched alkanes of at least 4 members (excludes halogenated alkanes) is 21. The molecule has 0 aromatic carbocycles. The molecule has 0 amide bonds. The Kier molecular flexibility index (Phi) is 46.6. The van der Waals surface area contributed by atoms with Gasteiger partial charge in [-0.15, -0.1) is 0 Å². The number of rotatable bonds is 48. The summed E-state index contributed by atoms with van der Waals surface area (Å²) >= 11 is 0. The van der Waals surface area contributed by atoms with Crippen LogP contribution in [-0.4, -0.2) is 66.5 Å². The SMILES string of the molecule is CC/C=C\C/C=C\C/C=C\CCCCCC(=O)OC(COC(=O)CCCCCCC/C=C\C/C=C\CCC)COP(=O)(O)OCC(CO)OC(=O)CCCCCCCCCCCCCCC. The van der Waals surface area contributed by atoms with Gasteiger partial charge in [-0.05, 0) is 77.0 Å². The summed E-state index contributed by atoms with van der Waals surface area (Å²) in [6.45, 7) is 4.41. The van der Waals surface area contributed by atoms with Gasteiger partial charge in [0.1, 0.15) is 12.7 Å². The summed E-state index contributed by atoms with van der Waals surface area (Å²) < 4.78 is 39.3. The summed E-state index contributed by atoms with van der Waals surface area (Å²) in [7, 11) is -4.75. The van der Waals surface area contributed by atoms with E-state index in [0.29, 0.717) is 19.3 Å². The number of aliphatic hydroxyl groups is 1. The molecule has 0 aliphatic rings. The normalized spacial score (nSPS) is 14.0. The second kappa shape index (κ2) is 48.6. The van der Waals surface area contributed by atoms with Crippen molar-refractivity contribution in [2.75, 3.05) is 26.4 Å². The van der Waals surface area contributed by atoms with Gasteiger partial charge in [0.25, 0.3) is 0 Å². The van der Waals surface area contributed by atoms with Crippen LogP contribution in [0.5, 0.6) is 0 Å². The largest absolute Gasteiger partial charge is 0.472 e. The van der Waals surface area contributed by atoms with Gasteiger partial charge in [0.05, 0.1) is 19.8 Å². The highest BCUT2D eigenvalue weighted by molar-refractivity contribution is 7.47. The number of esters is 3. The standard InChI is InChI=1S/C54H95O11P/c1-4-7-10-13-16-19-22-25-28-31-34-37-40-43-52(56)61-47-51(65-54(58)45-42-39-36-33-30-27-24-21-18-15-12-9-6-3)49-63-66(59,60)62-48-50(46-55)64-53(57)44-41-38-35-32-29-26-23-20-17-14-11-8-5-2/h9-10,12-13,18-19,21-22,27,30,50-51,55H,4-8,11,14-17,20,23-26,28-29,31-49H2,1-3H3,(H,59,60)/b12-9-,13-10-,21-18-,22-19-,30-27-. The first kappa shape index (κ1) is 63.2. The molecule has 0 radical (unpaired) electrons. The third-order valence-corrected chi connectivity index (χ3v) is 11.9. The highest BCUT2D eigenvalue weighted by Gasteiger charge is 2.28. The van der Waals surface area contributed by atoms with Gasteiger partial charge in [-0.3, -0.25) is 23.4 Å². The summed E-state index contributed by atoms with van der Waals surface area (Å²) in [6, 6.07) is 0. The van der Waals surface area contributed by atoms with Crippen molar-refractivity contribution in [2.45, 2.75) is 238 Å². The van der Waals surface area contributed by atoms with Gasteiger partial charge in [-0.25, -0.2) is 4.57 Å². The van der Waals surface area contributed by atoms with Crippen molar-refractivity contribution in [3.8, 4) is 0 Å². The monoisotopic (exact) mass is 951 g/mol. The topological polar surface area (TPSA) is 155 Å². The van der Waals surface area contributed by atoms with E-state index in [9.17, 15) is 28.9 Å². The zero-order chi connectivity index (χ0) is 48.4. The smallest absolute Gasteiger partial charge is 0.462 e. The van der Waals surface area contributed by atoms with E-state index in [1.807, 2.05) is 0 Å². The molecule has 2 N–H and O–H groups in total. The molecule has 0 fully saturated rings. The quantitative estimate of drug-likeness (QED) is 0.0197. The van der Waals surface area contributed by atoms with Crippen molar-refractivity contribution in [2.24, 2.45) is 0 Å². The number of hydrogen-bond acceptors (Lipinski definition) is 10. The molecule has 382 valence electrons. The lowest BCUT2D eigenvalue weighted by Gasteiger charge is -2.21. The molecule has 0 saturated heterocycles. The van der Waals surface area contributed by atoms with E-state index in [4.69, 9.17) is 23.3 Å². The number of hydrogen-bond donors (Lipinski definition) is 2. The zero-order valence-corrected chi connectivity index (χ0v) is 42.8. The number of phosphoric ester groups is 1. The summed E-state index contributed by atoms with van der Waals surface area (Å²) in [4.78, 5) is 48.3. The molecular formula is C54H95O11P. The van der Waals surface area contributed by atoms with Crippen molar-refractivity contribution in [1.29, 1.82) is 0 Å². The fourth-order valence-electron chi connectivity index (χ4n) is 6.94. The maximum Gasteiger partial charge on any atom is 0.472 e. The van der Waals surface area contributed by atoms with Gasteiger partial charge in [-0.2, -0.15) is 0 Å². The molecule has 0 bridgehead atoms. The van der Waals surface area contributed by atoms with Crippen LogP contribution < -0.4 is 0 Å². The second-order valence-corrected chi connectivity index (χ2v) is 18.8. The van der Waals surface area contributed by atoms with E-state index in [1.54, 1.807) is 0 Å². The average molecular weight is 951 g/mol. The molecular weight excluding hydrogens is 856 g/mol. The van der Waals surface area contributed by atoms with Crippen molar-refractivity contribution >= 4 is 25.7 Å². The summed E-state index contributed by atoms with van der Waals surface area (Å²) in [5.41, 5.74) is 0. The molecule has 0 saturated carbocycles. The van der Waals surface area contributed by atoms with Gasteiger partial charge < -0.3 is 24.2 Å². The van der Waals surface area contributed by atoms with E-state index in [-0.39, 0.29) is 25.9 Å². The molecule has 0 aliphatic carbocycles. The number of phosphoric acid groups is 1. The molecule has 0 heterocycles. The number of ether oxygens (including phenoxy) is 3. The maximum atomic E-state index is 12.8. The van der Waals surface area contributed by atoms with Crippen molar-refractivity contribution in [3.63, 3.8) is 0 Å². The number of allylic oxidation sites excluding steroid dienone is 10. The van der Waals surface area contributed by atoms with E-state index in [1.165, 1.54) is 64.2 Å². The van der Waals surface area contributed by atoms with Crippen molar-refractivity contribution < 1.29 is 52.2 Å². The molecule has 0 aromatic heterocycles. The van der Waals surface area contributed by atoms with Crippen LogP contribution in [0.2, 0.25) is 0 Å². The number of carbonyl (C=O) groups excluding carboxylic acids is 3. The van der Waals surface area contributed by atoms with E-state index >= 15 is 0 Å². The Labute approximate surface area is 402 Å². The molecule has 3 atom stereocenters. The van der Waals surface area contributed by atoms with Gasteiger partial charge in [0.15, 0.2) is 6.10 Å². The first-order valence-corrected chi connectivity index (χ1v) is 27.7. The molecule has 0 spiro atoms. The van der Waals surface area contributed by atoms with Crippen LogP contribution in [0, 0.1) is 0 Å². The van der Waals surface area contributed by atoms with E-state index < -0.39 is 57.8 Å². The van der Waals surface area contributed by atoms with Gasteiger partial charge >= 0.3 is 25.7 Å². The molecule has 66 heavy (non-hydrogen) atoms. The van der Waals surface area contributed by atoms with Crippen LogP contribution in [0.15, 0.2) is 60.8 Å². The lowest BCUT2D eigenvalue weighted by molar-refractivity contribution is -0.161. The van der Waals surface area contributed by atoms with E-state index in [2.05, 4.69) is 81.5 Å². The highest BCUT2D eigenvalue weighted by atomic mass is 31.2. The second-order valence-electron chi connectivity index (χ2n) is 17.3. The van der Waals surface area contributed by atoms with E-state index in [0.717, 1.165) is 103 Å². The van der Waals surface area contributed by atoms with Crippen LogP contribution in [0.1, 0.15) is 226 Å². The van der Waals surface area contributed by atoms with Crippen LogP contribution in [0.4, 0.5) is 0 Å². The molecule has 0 aliphatic heterocycles. The third-order valence-electron chi connectivity index (χ3n) is 10.9. The minimum absolute atomic E-state index is 0.129. The molecule has 0 rings (SSSR count). The summed E-state index contributed by atoms with van der Waals surface area (Å²) in [5.74, 6) is -1.51. The highest BCUT2D eigenvalue weighted by Crippen LogP contribution is 2.43. The summed E-state index contributed by atoms with van der Waals surface area (Å²) in [5, 5.41) is 9.77. The Morgan fingerprint density at radius 3 is 1.29 bits per heavy atom. The third kappa shape index (κ3) is 46.3. The van der Waals surface area contributed by atoms with Crippen LogP contribution in [0.25, 0.3) is 0 Å². The molecule has 3 unspecified atom stereocenters. The van der Waals surface area contributed by atoms with Gasteiger partial charge in [0, 0.05) is 19.3 Å². The molecule has 11 nitrogen and oxygen atoms in total. The fourth-order valence-corrected chi connectivity index (χ4v) is 7.72. The van der Waals surface area contributed by atoms with Crippen molar-refractivity contribution in [1.82, 2.24) is 0 Å². The minimum atomic E-state index is -4.75. The average Bonchev–Trinajstić information content (AvgIpc) is 3.30. The van der Waals surface area contributed by atoms with Gasteiger partial charge in [-0.1, -0.05) is 191 Å². The van der Waals surface area contributed by atoms with Crippen LogP contribution in [-0.2, 0) is 42.2 Å². The first-order chi connectivity index (χ1) is 32.2. The predicted molar refractivity (Wildman–Crippen MR) is 270 cm³/mol. The van der Waals surface area contributed by atoms with Crippen LogP contribution in [0.3, 0.4) is 0 Å². The number of carbonyl (C=O) groups is 3. The Morgan fingerprint density at radius 2 is 0.818 bits per heavy atom. The first-order valence-electron chi connectivity index (χ1n) is 26.2. The Balaban J connectivity index is 4.77. The minimum Gasteiger partial charge on any atom is -0.462 e. The predicted octanol–water partition coefficient (Wildman–Crippen LogP) is 14.8. The summed E-state index contributed by atoms with van der Waals surface area (Å²) in [6.07, 6.45) is 50.5. The lowest BCUT2D eigenvalue weighted by Crippen LogP contribution is -2.30. The Hall–Kier alpha value is -2.82. The van der Waals surface area contributed by atoms with Gasteiger partial charge in [0.2, 0.25) is 0 Å². The molecule has 12 heteroatoms. The Bertz CT molecular complexity index is 1340. The van der Waals surface area contributed by atoms with Crippen molar-refractivity contribution in [3.05, 3.63) is 60.8 Å².